The first-order valence-electron chi connectivity index (χ1n) is 3.98. The molecule has 0 N–H and O–H groups in total. The second-order valence-electron chi connectivity index (χ2n) is 2.85. The Kier molecular flexibility index (Phi) is 2.56. The van der Waals surface area contributed by atoms with Crippen LogP contribution in [0.2, 0.25) is 0 Å². The van der Waals surface area contributed by atoms with Gasteiger partial charge in [-0.3, -0.25) is 0 Å². The fourth-order valence-corrected chi connectivity index (χ4v) is 2.45. The van der Waals surface area contributed by atoms with E-state index in [2.05, 4.69) is 22.7 Å². The van der Waals surface area contributed by atoms with Crippen LogP contribution in [-0.4, -0.2) is 11.1 Å². The summed E-state index contributed by atoms with van der Waals surface area (Å²) in [7, 11) is 0. The van der Waals surface area contributed by atoms with Gasteiger partial charge in [-0.15, -0.1) is 0 Å². The average molecular weight is 274 g/mol. The lowest BCUT2D eigenvalue weighted by Crippen LogP contribution is -2.09. The van der Waals surface area contributed by atoms with Crippen LogP contribution in [0, 0.1) is 3.57 Å². The molecule has 0 spiro atoms. The molecule has 0 atom stereocenters. The first-order chi connectivity index (χ1) is 5.90. The molecule has 0 saturated heterocycles. The highest BCUT2D eigenvalue weighted by molar-refractivity contribution is 14.2. The van der Waals surface area contributed by atoms with E-state index in [0.717, 1.165) is 19.6 Å². The predicted octanol–water partition coefficient (Wildman–Crippen LogP) is 2.33. The zero-order chi connectivity index (χ0) is 8.39. The summed E-state index contributed by atoms with van der Waals surface area (Å²) in [6, 6.07) is 6.71. The lowest BCUT2D eigenvalue weighted by atomic mass is 10.0. The summed E-state index contributed by atoms with van der Waals surface area (Å²) in [6.45, 7) is 1.68. The Morgan fingerprint density at radius 1 is 1.33 bits per heavy atom. The second kappa shape index (κ2) is 3.66. The summed E-state index contributed by atoms with van der Waals surface area (Å²) in [5.41, 5.74) is 2.84. The van der Waals surface area contributed by atoms with E-state index in [1.807, 2.05) is 0 Å². The normalized spacial score (nSPS) is 15.7. The number of fused-ring (bicyclic) bond motifs is 1. The molecule has 12 heavy (non-hydrogen) atoms. The van der Waals surface area contributed by atoms with Crippen molar-refractivity contribution in [1.29, 1.82) is 0 Å². The molecule has 0 aromatic heterocycles. The number of halogens is 1. The van der Waals surface area contributed by atoms with E-state index in [0.29, 0.717) is 0 Å². The zero-order valence-corrected chi connectivity index (χ0v) is 9.00. The molecule has 0 saturated carbocycles. The predicted molar refractivity (Wildman–Crippen MR) is 59.6 cm³/mol. The van der Waals surface area contributed by atoms with Crippen LogP contribution in [0.3, 0.4) is 0 Å². The maximum Gasteiger partial charge on any atom is 0.0720 e. The van der Waals surface area contributed by atoms with Gasteiger partial charge in [-0.05, 0) is 29.7 Å². The van der Waals surface area contributed by atoms with Crippen molar-refractivity contribution in [3.63, 3.8) is 0 Å². The van der Waals surface area contributed by atoms with Crippen LogP contribution in [-0.2, 0) is 17.8 Å². The highest BCUT2D eigenvalue weighted by Crippen LogP contribution is 2.20. The van der Waals surface area contributed by atoms with E-state index in [4.69, 9.17) is 4.74 Å². The monoisotopic (exact) mass is 274 g/mol. The number of benzene rings is 1. The summed E-state index contributed by atoms with van der Waals surface area (Å²) in [6.07, 6.45) is 1.07. The maximum absolute atomic E-state index is 5.39. The van der Waals surface area contributed by atoms with Gasteiger partial charge in [0.05, 0.1) is 13.2 Å². The summed E-state index contributed by atoms with van der Waals surface area (Å²) in [5.74, 6) is 0. The van der Waals surface area contributed by atoms with Crippen molar-refractivity contribution in [2.24, 2.45) is 0 Å². The molecule has 0 bridgehead atoms. The molecule has 0 fully saturated rings. The van der Waals surface area contributed by atoms with Gasteiger partial charge in [-0.1, -0.05) is 31.3 Å². The van der Waals surface area contributed by atoms with E-state index in [9.17, 15) is 0 Å². The second-order valence-corrected chi connectivity index (χ2v) is 4.86. The zero-order valence-electron chi connectivity index (χ0n) is 6.85. The molecule has 2 rings (SSSR count). The Morgan fingerprint density at radius 3 is 3.08 bits per heavy atom. The molecule has 1 aliphatic heterocycles. The molecule has 0 radical (unpaired) electrons. The Morgan fingerprint density at radius 2 is 2.25 bits per heavy atom. The van der Waals surface area contributed by atoms with E-state index in [1.54, 1.807) is 0 Å². The highest BCUT2D eigenvalue weighted by atomic mass is 127. The van der Waals surface area contributed by atoms with Gasteiger partial charge in [-0.2, -0.15) is 0 Å². The van der Waals surface area contributed by atoms with Crippen molar-refractivity contribution in [3.8, 4) is 0 Å². The minimum absolute atomic E-state index is 0.0131. The van der Waals surface area contributed by atoms with Gasteiger partial charge in [0.15, 0.2) is 0 Å². The molecule has 1 aromatic rings. The van der Waals surface area contributed by atoms with Gasteiger partial charge >= 0.3 is 0 Å². The van der Waals surface area contributed by atoms with E-state index >= 15 is 0 Å². The van der Waals surface area contributed by atoms with Gasteiger partial charge in [0.1, 0.15) is 0 Å². The SMILES string of the molecule is C=Ic1ccc2c(c1)COCC2. The van der Waals surface area contributed by atoms with Crippen molar-refractivity contribution in [1.82, 2.24) is 0 Å². The summed E-state index contributed by atoms with van der Waals surface area (Å²) < 4.78 is 10.8. The van der Waals surface area contributed by atoms with Crippen LogP contribution in [0.5, 0.6) is 0 Å². The first kappa shape index (κ1) is 8.38. The summed E-state index contributed by atoms with van der Waals surface area (Å²) in [4.78, 5) is 0. The van der Waals surface area contributed by atoms with Crippen molar-refractivity contribution in [2.45, 2.75) is 13.0 Å². The average Bonchev–Trinajstić information content (AvgIpc) is 2.17. The van der Waals surface area contributed by atoms with Gasteiger partial charge in [0.25, 0.3) is 0 Å². The van der Waals surface area contributed by atoms with Gasteiger partial charge in [0, 0.05) is 3.57 Å². The minimum Gasteiger partial charge on any atom is -0.376 e. The molecule has 1 aliphatic rings. The van der Waals surface area contributed by atoms with Crippen molar-refractivity contribution < 1.29 is 4.74 Å². The maximum atomic E-state index is 5.39. The molecule has 2 heteroatoms. The third-order valence-electron chi connectivity index (χ3n) is 2.10. The number of hydrogen-bond donors (Lipinski definition) is 0. The third-order valence-corrected chi connectivity index (χ3v) is 3.65. The van der Waals surface area contributed by atoms with Crippen LogP contribution in [0.15, 0.2) is 18.2 Å². The lowest BCUT2D eigenvalue weighted by molar-refractivity contribution is 0.110. The summed E-state index contributed by atoms with van der Waals surface area (Å²) in [5, 5.41) is 0. The highest BCUT2D eigenvalue weighted by Gasteiger charge is 2.08. The van der Waals surface area contributed by atoms with Gasteiger partial charge in [0.2, 0.25) is 0 Å². The topological polar surface area (TPSA) is 9.23 Å². The Labute approximate surface area is 82.5 Å². The van der Waals surface area contributed by atoms with Crippen molar-refractivity contribution >= 4 is 25.2 Å². The minimum atomic E-state index is -0.0131. The first-order valence-corrected chi connectivity index (χ1v) is 6.58. The molecule has 1 nitrogen and oxygen atoms in total. The Balaban J connectivity index is 2.42. The van der Waals surface area contributed by atoms with Crippen LogP contribution in [0.4, 0.5) is 0 Å². The Bertz CT molecular complexity index is 307. The van der Waals surface area contributed by atoms with Crippen LogP contribution in [0.1, 0.15) is 11.1 Å². The van der Waals surface area contributed by atoms with Gasteiger partial charge in [-0.25, -0.2) is 0 Å². The van der Waals surface area contributed by atoms with Crippen molar-refractivity contribution in [3.05, 3.63) is 32.9 Å². The fourth-order valence-electron chi connectivity index (χ4n) is 1.42. The molecule has 0 aliphatic carbocycles. The van der Waals surface area contributed by atoms with Crippen LogP contribution in [0.25, 0.3) is 0 Å². The molecule has 1 aromatic carbocycles. The van der Waals surface area contributed by atoms with Crippen LogP contribution >= 0.6 is 20.7 Å². The number of ether oxygens (including phenoxy) is 1. The lowest BCUT2D eigenvalue weighted by Gasteiger charge is -2.16. The molecular formula is C10H11IO. The molecule has 0 amide bonds. The van der Waals surface area contributed by atoms with Gasteiger partial charge < -0.3 is 4.74 Å². The summed E-state index contributed by atoms with van der Waals surface area (Å²) >= 11 is -0.0131. The number of hydrogen-bond acceptors (Lipinski definition) is 1. The van der Waals surface area contributed by atoms with Crippen molar-refractivity contribution in [2.75, 3.05) is 6.61 Å². The quantitative estimate of drug-likeness (QED) is 0.714. The smallest absolute Gasteiger partial charge is 0.0720 e. The molecule has 1 heterocycles. The van der Waals surface area contributed by atoms with E-state index in [-0.39, 0.29) is 20.7 Å². The molecule has 0 unspecified atom stereocenters. The fraction of sp³-hybridized carbons (Fsp3) is 0.300. The van der Waals surface area contributed by atoms with Crippen LogP contribution < -0.4 is 0 Å². The molecular weight excluding hydrogens is 263 g/mol. The van der Waals surface area contributed by atoms with E-state index in [1.165, 1.54) is 14.7 Å². The standard InChI is InChI=1S/C10H11IO/c1-11-10-3-2-8-4-5-12-7-9(8)6-10/h2-3,6H,1,4-5,7H2. The van der Waals surface area contributed by atoms with E-state index < -0.39 is 0 Å². The third kappa shape index (κ3) is 1.59. The number of rotatable bonds is 1. The largest absolute Gasteiger partial charge is 0.376 e. The Hall–Kier alpha value is -0.220. The molecule has 64 valence electrons.